The number of carbonyl (C=O) groups is 1. The molecule has 2 rings (SSSR count). The van der Waals surface area contributed by atoms with Crippen LogP contribution in [0.5, 0.6) is 0 Å². The second-order valence-electron chi connectivity index (χ2n) is 4.17. The van der Waals surface area contributed by atoms with Gasteiger partial charge in [0, 0.05) is 6.54 Å². The molecule has 0 aliphatic carbocycles. The van der Waals surface area contributed by atoms with Crippen LogP contribution in [0.3, 0.4) is 0 Å². The van der Waals surface area contributed by atoms with E-state index in [1.54, 1.807) is 16.8 Å². The standard InChI is InChI=1S/C15H16N4O/c1-3-10-16-15(20)14-13(4-2)19(18-17-14)11-12-8-6-5-7-9-12/h3-9H,1-2,10-11H2,(H,16,20). The van der Waals surface area contributed by atoms with Crippen LogP contribution in [0.25, 0.3) is 6.08 Å². The van der Waals surface area contributed by atoms with Gasteiger partial charge in [-0.25, -0.2) is 4.68 Å². The van der Waals surface area contributed by atoms with Crippen LogP contribution in [0, 0.1) is 0 Å². The third-order valence-electron chi connectivity index (χ3n) is 2.76. The average Bonchev–Trinajstić information content (AvgIpc) is 2.88. The van der Waals surface area contributed by atoms with Crippen LogP contribution < -0.4 is 5.32 Å². The number of rotatable bonds is 6. The van der Waals surface area contributed by atoms with Crippen molar-refractivity contribution in [3.63, 3.8) is 0 Å². The molecule has 1 aromatic heterocycles. The van der Waals surface area contributed by atoms with Gasteiger partial charge in [0.25, 0.3) is 5.91 Å². The van der Waals surface area contributed by atoms with Crippen molar-refractivity contribution in [2.24, 2.45) is 0 Å². The molecule has 0 aliphatic heterocycles. The van der Waals surface area contributed by atoms with Gasteiger partial charge in [-0.15, -0.1) is 11.7 Å². The molecule has 1 heterocycles. The van der Waals surface area contributed by atoms with Crippen LogP contribution in [0.4, 0.5) is 0 Å². The Labute approximate surface area is 117 Å². The van der Waals surface area contributed by atoms with Gasteiger partial charge in [0.05, 0.1) is 12.2 Å². The van der Waals surface area contributed by atoms with Crippen molar-refractivity contribution < 1.29 is 4.79 Å². The summed E-state index contributed by atoms with van der Waals surface area (Å²) in [5, 5.41) is 10.6. The van der Waals surface area contributed by atoms with E-state index < -0.39 is 0 Å². The number of carbonyl (C=O) groups excluding carboxylic acids is 1. The number of nitrogens with zero attached hydrogens (tertiary/aromatic N) is 3. The van der Waals surface area contributed by atoms with Crippen molar-refractivity contribution >= 4 is 12.0 Å². The zero-order valence-corrected chi connectivity index (χ0v) is 11.1. The zero-order valence-electron chi connectivity index (χ0n) is 11.1. The maximum atomic E-state index is 11.9. The molecule has 1 aromatic carbocycles. The first-order valence-corrected chi connectivity index (χ1v) is 6.25. The Balaban J connectivity index is 2.23. The van der Waals surface area contributed by atoms with Crippen molar-refractivity contribution in [2.75, 3.05) is 6.54 Å². The summed E-state index contributed by atoms with van der Waals surface area (Å²) in [6, 6.07) is 9.85. The van der Waals surface area contributed by atoms with E-state index in [0.29, 0.717) is 18.8 Å². The molecule has 0 saturated heterocycles. The van der Waals surface area contributed by atoms with E-state index in [1.165, 1.54) is 0 Å². The van der Waals surface area contributed by atoms with E-state index in [2.05, 4.69) is 28.8 Å². The van der Waals surface area contributed by atoms with Gasteiger partial charge in [-0.1, -0.05) is 48.2 Å². The topological polar surface area (TPSA) is 59.8 Å². The molecule has 1 N–H and O–H groups in total. The van der Waals surface area contributed by atoms with Crippen molar-refractivity contribution in [3.05, 3.63) is 66.5 Å². The molecule has 0 bridgehead atoms. The monoisotopic (exact) mass is 268 g/mol. The second kappa shape index (κ2) is 6.47. The van der Waals surface area contributed by atoms with Crippen molar-refractivity contribution in [1.82, 2.24) is 20.3 Å². The lowest BCUT2D eigenvalue weighted by Crippen LogP contribution is -2.24. The van der Waals surface area contributed by atoms with Crippen molar-refractivity contribution in [2.45, 2.75) is 6.54 Å². The maximum Gasteiger partial charge on any atom is 0.274 e. The molecular weight excluding hydrogens is 252 g/mol. The van der Waals surface area contributed by atoms with Gasteiger partial charge in [0.2, 0.25) is 0 Å². The SMILES string of the molecule is C=CCNC(=O)c1nnn(Cc2ccccc2)c1C=C. The lowest BCUT2D eigenvalue weighted by molar-refractivity contribution is 0.0953. The molecule has 0 saturated carbocycles. The summed E-state index contributed by atoms with van der Waals surface area (Å²) in [6.45, 7) is 8.22. The first-order chi connectivity index (χ1) is 9.76. The van der Waals surface area contributed by atoms with E-state index in [-0.39, 0.29) is 11.6 Å². The number of hydrogen-bond acceptors (Lipinski definition) is 3. The van der Waals surface area contributed by atoms with Crippen LogP contribution in [-0.4, -0.2) is 27.4 Å². The molecule has 0 fully saturated rings. The van der Waals surface area contributed by atoms with E-state index >= 15 is 0 Å². The lowest BCUT2D eigenvalue weighted by Gasteiger charge is -2.04. The van der Waals surface area contributed by atoms with E-state index in [0.717, 1.165) is 5.56 Å². The fourth-order valence-corrected chi connectivity index (χ4v) is 1.81. The maximum absolute atomic E-state index is 11.9. The summed E-state index contributed by atoms with van der Waals surface area (Å²) in [4.78, 5) is 11.9. The highest BCUT2D eigenvalue weighted by Crippen LogP contribution is 2.10. The summed E-state index contributed by atoms with van der Waals surface area (Å²) in [5.74, 6) is -0.279. The van der Waals surface area contributed by atoms with Crippen LogP contribution in [0.15, 0.2) is 49.6 Å². The van der Waals surface area contributed by atoms with Crippen LogP contribution in [0.1, 0.15) is 21.7 Å². The Bertz CT molecular complexity index is 616. The van der Waals surface area contributed by atoms with Gasteiger partial charge in [-0.2, -0.15) is 0 Å². The Morgan fingerprint density at radius 3 is 2.70 bits per heavy atom. The van der Waals surface area contributed by atoms with Gasteiger partial charge in [0.15, 0.2) is 5.69 Å². The molecule has 5 nitrogen and oxygen atoms in total. The van der Waals surface area contributed by atoms with Gasteiger partial charge in [-0.05, 0) is 11.6 Å². The highest BCUT2D eigenvalue weighted by atomic mass is 16.2. The zero-order chi connectivity index (χ0) is 14.4. The molecule has 102 valence electrons. The highest BCUT2D eigenvalue weighted by molar-refractivity contribution is 5.95. The number of nitrogens with one attached hydrogen (secondary N) is 1. The van der Waals surface area contributed by atoms with Crippen LogP contribution in [-0.2, 0) is 6.54 Å². The van der Waals surface area contributed by atoms with E-state index in [9.17, 15) is 4.79 Å². The molecule has 0 spiro atoms. The Kier molecular flexibility index (Phi) is 4.44. The normalized spacial score (nSPS) is 10.0. The Morgan fingerprint density at radius 2 is 2.05 bits per heavy atom. The number of amides is 1. The smallest absolute Gasteiger partial charge is 0.274 e. The highest BCUT2D eigenvalue weighted by Gasteiger charge is 2.16. The van der Waals surface area contributed by atoms with Crippen molar-refractivity contribution in [3.8, 4) is 0 Å². The Hall–Kier alpha value is -2.69. The Morgan fingerprint density at radius 1 is 1.30 bits per heavy atom. The molecule has 0 radical (unpaired) electrons. The molecular formula is C15H16N4O. The second-order valence-corrected chi connectivity index (χ2v) is 4.17. The first kappa shape index (κ1) is 13.7. The van der Waals surface area contributed by atoms with E-state index in [4.69, 9.17) is 0 Å². The summed E-state index contributed by atoms with van der Waals surface area (Å²) in [7, 11) is 0. The summed E-state index contributed by atoms with van der Waals surface area (Å²) in [5.41, 5.74) is 1.96. The minimum Gasteiger partial charge on any atom is -0.347 e. The fraction of sp³-hybridized carbons (Fsp3) is 0.133. The number of hydrogen-bond donors (Lipinski definition) is 1. The minimum absolute atomic E-state index is 0.276. The average molecular weight is 268 g/mol. The van der Waals surface area contributed by atoms with Gasteiger partial charge < -0.3 is 5.32 Å². The molecule has 2 aromatic rings. The number of benzene rings is 1. The van der Waals surface area contributed by atoms with E-state index in [1.807, 2.05) is 30.3 Å². The molecule has 1 amide bonds. The quantitative estimate of drug-likeness (QED) is 0.814. The van der Waals surface area contributed by atoms with Gasteiger partial charge >= 0.3 is 0 Å². The summed E-state index contributed by atoms with van der Waals surface area (Å²) < 4.78 is 1.66. The predicted molar refractivity (Wildman–Crippen MR) is 78.2 cm³/mol. The first-order valence-electron chi connectivity index (χ1n) is 6.25. The number of aromatic nitrogens is 3. The summed E-state index contributed by atoms with van der Waals surface area (Å²) >= 11 is 0. The fourth-order valence-electron chi connectivity index (χ4n) is 1.81. The molecule has 0 unspecified atom stereocenters. The third kappa shape index (κ3) is 3.00. The molecule has 5 heteroatoms. The molecule has 0 aliphatic rings. The lowest BCUT2D eigenvalue weighted by atomic mass is 10.2. The van der Waals surface area contributed by atoms with Crippen LogP contribution >= 0.6 is 0 Å². The predicted octanol–water partition coefficient (Wildman–Crippen LogP) is 1.89. The van der Waals surface area contributed by atoms with Crippen LogP contribution in [0.2, 0.25) is 0 Å². The van der Waals surface area contributed by atoms with Crippen molar-refractivity contribution in [1.29, 1.82) is 0 Å². The molecule has 20 heavy (non-hydrogen) atoms. The largest absolute Gasteiger partial charge is 0.347 e. The summed E-state index contributed by atoms with van der Waals surface area (Å²) in [6.07, 6.45) is 3.20. The van der Waals surface area contributed by atoms with Gasteiger partial charge in [-0.3, -0.25) is 4.79 Å². The third-order valence-corrected chi connectivity index (χ3v) is 2.76. The minimum atomic E-state index is -0.279. The van der Waals surface area contributed by atoms with Gasteiger partial charge in [0.1, 0.15) is 0 Å². The molecule has 0 atom stereocenters.